The van der Waals surface area contributed by atoms with Crippen LogP contribution in [0.5, 0.6) is 0 Å². The van der Waals surface area contributed by atoms with Crippen molar-refractivity contribution in [2.24, 2.45) is 0 Å². The SMILES string of the molecule is Cc1cn([C@H]2C[C@H](CO)N([C@@H]3O[C@H](CO[Si](c4ccccc4)(c4ccccc4)C(C)(C)C)[C@H]4OC(C)(C)O[C@H]43)O2)c(=O)[nH]c1=O. The third kappa shape index (κ3) is 5.78. The number of aromatic amines is 1. The molecule has 3 aliphatic rings. The van der Waals surface area contributed by atoms with Crippen molar-refractivity contribution in [1.82, 2.24) is 14.6 Å². The molecule has 6 rings (SSSR count). The summed E-state index contributed by atoms with van der Waals surface area (Å²) in [5.74, 6) is -0.881. The van der Waals surface area contributed by atoms with Crippen LogP contribution in [-0.2, 0) is 23.5 Å². The zero-order valence-corrected chi connectivity index (χ0v) is 27.6. The van der Waals surface area contributed by atoms with Gasteiger partial charge in [0, 0.05) is 18.2 Å². The topological polar surface area (TPSA) is 124 Å². The van der Waals surface area contributed by atoms with Crippen LogP contribution < -0.4 is 21.6 Å². The predicted octanol–water partition coefficient (Wildman–Crippen LogP) is 2.16. The average molecular weight is 638 g/mol. The molecule has 4 heterocycles. The van der Waals surface area contributed by atoms with Gasteiger partial charge in [0.15, 0.2) is 18.2 Å². The normalized spacial score (nSPS) is 28.4. The third-order valence-corrected chi connectivity index (χ3v) is 14.0. The second kappa shape index (κ2) is 12.0. The zero-order chi connectivity index (χ0) is 32.1. The van der Waals surface area contributed by atoms with Gasteiger partial charge in [0.25, 0.3) is 13.9 Å². The quantitative estimate of drug-likeness (QED) is 0.358. The number of aliphatic hydroxyl groups is 1. The lowest BCUT2D eigenvalue weighted by atomic mass is 10.1. The van der Waals surface area contributed by atoms with E-state index in [9.17, 15) is 14.7 Å². The van der Waals surface area contributed by atoms with Gasteiger partial charge in [-0.05, 0) is 36.2 Å². The monoisotopic (exact) mass is 637 g/mol. The van der Waals surface area contributed by atoms with E-state index in [1.807, 2.05) is 26.0 Å². The summed E-state index contributed by atoms with van der Waals surface area (Å²) in [6.45, 7) is 12.0. The molecule has 3 aromatic rings. The average Bonchev–Trinajstić information content (AvgIpc) is 3.66. The van der Waals surface area contributed by atoms with Gasteiger partial charge < -0.3 is 23.7 Å². The summed E-state index contributed by atoms with van der Waals surface area (Å²) in [4.78, 5) is 33.3. The summed E-state index contributed by atoms with van der Waals surface area (Å²) in [5.41, 5.74) is -0.657. The first-order valence-electron chi connectivity index (χ1n) is 15.5. The number of hydrogen-bond donors (Lipinski definition) is 2. The molecule has 11 nitrogen and oxygen atoms in total. The summed E-state index contributed by atoms with van der Waals surface area (Å²) in [5, 5.41) is 14.1. The van der Waals surface area contributed by atoms with Crippen molar-refractivity contribution in [2.45, 2.75) is 95.6 Å². The van der Waals surface area contributed by atoms with Gasteiger partial charge >= 0.3 is 5.69 Å². The van der Waals surface area contributed by atoms with Crippen LogP contribution in [0.2, 0.25) is 5.04 Å². The minimum absolute atomic E-state index is 0.227. The first-order chi connectivity index (χ1) is 21.3. The summed E-state index contributed by atoms with van der Waals surface area (Å²) >= 11 is 0. The molecule has 0 saturated carbocycles. The van der Waals surface area contributed by atoms with Gasteiger partial charge in [-0.2, -0.15) is 0 Å². The van der Waals surface area contributed by atoms with E-state index in [2.05, 4.69) is 74.3 Å². The molecule has 242 valence electrons. The summed E-state index contributed by atoms with van der Waals surface area (Å²) in [6.07, 6.45) is -1.25. The predicted molar refractivity (Wildman–Crippen MR) is 170 cm³/mol. The fourth-order valence-corrected chi connectivity index (χ4v) is 11.5. The first kappa shape index (κ1) is 32.0. The van der Waals surface area contributed by atoms with E-state index in [1.54, 1.807) is 12.0 Å². The van der Waals surface area contributed by atoms with Gasteiger partial charge in [-0.25, -0.2) is 4.79 Å². The lowest BCUT2D eigenvalue weighted by molar-refractivity contribution is -0.296. The number of aromatic nitrogens is 2. The first-order valence-corrected chi connectivity index (χ1v) is 17.4. The second-order valence-electron chi connectivity index (χ2n) is 13.6. The van der Waals surface area contributed by atoms with E-state index in [0.29, 0.717) is 12.0 Å². The number of nitrogens with zero attached hydrogens (tertiary/aromatic N) is 2. The fourth-order valence-electron chi connectivity index (χ4n) is 6.96. The number of H-pyrrole nitrogens is 1. The molecule has 6 atom stereocenters. The molecule has 0 aliphatic carbocycles. The largest absolute Gasteiger partial charge is 0.405 e. The second-order valence-corrected chi connectivity index (χ2v) is 17.9. The minimum atomic E-state index is -2.87. The number of nitrogens with one attached hydrogen (secondary N) is 1. The Bertz CT molecular complexity index is 1570. The van der Waals surface area contributed by atoms with E-state index in [4.69, 9.17) is 23.5 Å². The molecule has 0 unspecified atom stereocenters. The maximum atomic E-state index is 12.7. The number of benzene rings is 2. The van der Waals surface area contributed by atoms with E-state index >= 15 is 0 Å². The van der Waals surface area contributed by atoms with Crippen molar-refractivity contribution >= 4 is 18.7 Å². The molecule has 45 heavy (non-hydrogen) atoms. The highest BCUT2D eigenvalue weighted by Crippen LogP contribution is 2.44. The van der Waals surface area contributed by atoms with Crippen molar-refractivity contribution < 1.29 is 28.6 Å². The number of rotatable bonds is 8. The number of hydrogen-bond acceptors (Lipinski definition) is 9. The molecule has 2 N–H and O–H groups in total. The maximum Gasteiger partial charge on any atom is 0.330 e. The molecular weight excluding hydrogens is 594 g/mol. The summed E-state index contributed by atoms with van der Waals surface area (Å²) < 4.78 is 28.0. The van der Waals surface area contributed by atoms with Crippen molar-refractivity contribution in [3.05, 3.63) is 93.3 Å². The van der Waals surface area contributed by atoms with Crippen LogP contribution in [0.4, 0.5) is 0 Å². The lowest BCUT2D eigenvalue weighted by Crippen LogP contribution is -2.67. The van der Waals surface area contributed by atoms with Gasteiger partial charge in [-0.15, -0.1) is 5.06 Å². The fraction of sp³-hybridized carbons (Fsp3) is 0.515. The van der Waals surface area contributed by atoms with Crippen LogP contribution in [0.1, 0.15) is 52.8 Å². The highest BCUT2D eigenvalue weighted by atomic mass is 28.4. The van der Waals surface area contributed by atoms with Crippen LogP contribution in [0, 0.1) is 6.92 Å². The molecular formula is C33H43N3O8Si. The Morgan fingerprint density at radius 2 is 1.60 bits per heavy atom. The van der Waals surface area contributed by atoms with Crippen molar-refractivity contribution in [2.75, 3.05) is 13.2 Å². The smallest absolute Gasteiger partial charge is 0.330 e. The van der Waals surface area contributed by atoms with Gasteiger partial charge in [-0.3, -0.25) is 19.2 Å². The lowest BCUT2D eigenvalue weighted by Gasteiger charge is -2.43. The van der Waals surface area contributed by atoms with E-state index in [1.165, 1.54) is 10.8 Å². The van der Waals surface area contributed by atoms with Crippen LogP contribution in [0.25, 0.3) is 0 Å². The highest BCUT2D eigenvalue weighted by Gasteiger charge is 2.60. The number of fused-ring (bicyclic) bond motifs is 1. The molecule has 12 heteroatoms. The van der Waals surface area contributed by atoms with Crippen molar-refractivity contribution in [3.63, 3.8) is 0 Å². The molecule has 0 radical (unpaired) electrons. The molecule has 3 saturated heterocycles. The van der Waals surface area contributed by atoms with Crippen molar-refractivity contribution in [1.29, 1.82) is 0 Å². The number of hydroxylamine groups is 2. The van der Waals surface area contributed by atoms with E-state index in [0.717, 1.165) is 10.4 Å². The van der Waals surface area contributed by atoms with Gasteiger partial charge in [0.05, 0.1) is 19.3 Å². The van der Waals surface area contributed by atoms with Crippen LogP contribution in [0.3, 0.4) is 0 Å². The Balaban J connectivity index is 1.31. The molecule has 3 fully saturated rings. The highest BCUT2D eigenvalue weighted by molar-refractivity contribution is 6.99. The van der Waals surface area contributed by atoms with Gasteiger partial charge in [0.1, 0.15) is 18.3 Å². The Labute approximate surface area is 263 Å². The molecule has 0 amide bonds. The van der Waals surface area contributed by atoms with E-state index < -0.39 is 62.2 Å². The molecule has 2 aromatic carbocycles. The van der Waals surface area contributed by atoms with Gasteiger partial charge in [0.2, 0.25) is 0 Å². The zero-order valence-electron chi connectivity index (χ0n) is 26.6. The molecule has 0 bridgehead atoms. The van der Waals surface area contributed by atoms with E-state index in [-0.39, 0.29) is 18.3 Å². The molecule has 1 aromatic heterocycles. The minimum Gasteiger partial charge on any atom is -0.405 e. The Morgan fingerprint density at radius 1 is 1.00 bits per heavy atom. The number of aliphatic hydroxyl groups excluding tert-OH is 1. The standard InChI is InChI=1S/C33H43N3O8Si/c1-21-18-35(31(39)34-29(21)38)26-17-22(19-37)36(44-26)30-28-27(42-33(5,6)43-28)25(41-30)20-40-45(32(2,3)4,23-13-9-7-10-14-23)24-15-11-8-12-16-24/h7-16,18,22,25-28,30,37H,17,19-20H2,1-6H3,(H,34,38,39)/t22-,25-,26-,27-,28-,30-/m1/s1. The number of aryl methyl sites for hydroxylation is 1. The van der Waals surface area contributed by atoms with Crippen LogP contribution in [0.15, 0.2) is 76.4 Å². The molecule has 0 spiro atoms. The Hall–Kier alpha value is -2.94. The van der Waals surface area contributed by atoms with Crippen molar-refractivity contribution in [3.8, 4) is 0 Å². The summed E-state index contributed by atoms with van der Waals surface area (Å²) in [7, 11) is -2.87. The van der Waals surface area contributed by atoms with Crippen LogP contribution >= 0.6 is 0 Å². The Kier molecular flexibility index (Phi) is 8.55. The summed E-state index contributed by atoms with van der Waals surface area (Å²) in [6, 6.07) is 20.3. The van der Waals surface area contributed by atoms with Crippen LogP contribution in [-0.4, -0.2) is 77.6 Å². The third-order valence-electron chi connectivity index (χ3n) is 9.00. The molecule has 3 aliphatic heterocycles. The maximum absolute atomic E-state index is 12.7. The van der Waals surface area contributed by atoms with Gasteiger partial charge in [-0.1, -0.05) is 81.4 Å². The Morgan fingerprint density at radius 3 is 2.18 bits per heavy atom. The number of ether oxygens (including phenoxy) is 3.